The summed E-state index contributed by atoms with van der Waals surface area (Å²) in [6, 6.07) is 7.33. The van der Waals surface area contributed by atoms with Crippen LogP contribution in [0.1, 0.15) is 61.5 Å². The van der Waals surface area contributed by atoms with Gasteiger partial charge in [0.05, 0.1) is 23.8 Å². The van der Waals surface area contributed by atoms with Crippen LogP contribution in [0.25, 0.3) is 0 Å². The second-order valence-corrected chi connectivity index (χ2v) is 11.1. The maximum absolute atomic E-state index is 11.2. The monoisotopic (exact) mass is 556 g/mol. The Morgan fingerprint density at radius 1 is 0.909 bits per heavy atom. The Bertz CT molecular complexity index is 946. The number of rotatable bonds is 4. The molecule has 4 rings (SSSR count). The molecule has 6 nitrogen and oxygen atoms in total. The van der Waals surface area contributed by atoms with E-state index in [1.807, 2.05) is 12.1 Å². The Morgan fingerprint density at radius 3 is 1.82 bits per heavy atom. The van der Waals surface area contributed by atoms with E-state index in [9.17, 15) is 13.5 Å². The average Bonchev–Trinajstić information content (AvgIpc) is 3.38. The van der Waals surface area contributed by atoms with E-state index in [2.05, 4.69) is 9.97 Å². The average molecular weight is 558 g/mol. The van der Waals surface area contributed by atoms with Crippen molar-refractivity contribution < 1.29 is 17.7 Å². The molecule has 0 radical (unpaired) electrons. The lowest BCUT2D eigenvalue weighted by molar-refractivity contribution is 0.163. The fraction of sp³-hybridized carbons (Fsp3) is 0.545. The van der Waals surface area contributed by atoms with Crippen LogP contribution in [0.2, 0.25) is 10.3 Å². The molecule has 2 aliphatic rings. The molecule has 0 aromatic carbocycles. The van der Waals surface area contributed by atoms with Crippen LogP contribution in [-0.4, -0.2) is 47.3 Å². The van der Waals surface area contributed by atoms with Gasteiger partial charge in [0.1, 0.15) is 10.3 Å². The van der Waals surface area contributed by atoms with Crippen LogP contribution in [-0.2, 0) is 14.3 Å². The van der Waals surface area contributed by atoms with Crippen LogP contribution in [0.3, 0.4) is 0 Å². The number of aromatic nitrogens is 2. The van der Waals surface area contributed by atoms with E-state index in [4.69, 9.17) is 50.6 Å². The molecule has 1 N–H and O–H groups in total. The largest absolute Gasteiger partial charge is 0.392 e. The van der Waals surface area contributed by atoms with Gasteiger partial charge >= 0.3 is 0 Å². The van der Waals surface area contributed by atoms with Crippen molar-refractivity contribution in [3.8, 4) is 0 Å². The van der Waals surface area contributed by atoms with Crippen LogP contribution in [0.5, 0.6) is 0 Å². The van der Waals surface area contributed by atoms with Crippen molar-refractivity contribution in [1.82, 2.24) is 9.97 Å². The highest BCUT2D eigenvalue weighted by molar-refractivity contribution is 7.86. The Kier molecular flexibility index (Phi) is 12.1. The summed E-state index contributed by atoms with van der Waals surface area (Å²) in [5.41, 5.74) is 2.09. The first-order valence-corrected chi connectivity index (χ1v) is 14.2. The molecule has 4 atom stereocenters. The molecule has 184 valence electrons. The zero-order valence-electron chi connectivity index (χ0n) is 18.2. The van der Waals surface area contributed by atoms with E-state index in [1.165, 1.54) is 0 Å². The summed E-state index contributed by atoms with van der Waals surface area (Å²) in [6.45, 7) is 0. The number of alkyl halides is 2. The van der Waals surface area contributed by atoms with Crippen molar-refractivity contribution >= 4 is 56.5 Å². The van der Waals surface area contributed by atoms with Gasteiger partial charge < -0.3 is 5.11 Å². The smallest absolute Gasteiger partial charge is 0.264 e. The standard InChI is InChI=1S/C11H14ClNO3S.C10H12ClNO.CH2Cl2/c1-17(14,15)16-10-4-2-3-9(10)8-5-6-11(12)13-7-8;11-10-5-4-7(6-12-10)8-2-1-3-9(8)13;2-1-3/h5-7,9-10H,2-4H2,1H3;4-6,8-9,13H,1-3H2;1H2/t9-,10?;8-,9?;/m11./s1. The highest BCUT2D eigenvalue weighted by Gasteiger charge is 2.32. The molecule has 0 aliphatic heterocycles. The normalized spacial score (nSPS) is 24.4. The fourth-order valence-corrected chi connectivity index (χ4v) is 5.09. The van der Waals surface area contributed by atoms with Gasteiger partial charge in [-0.3, -0.25) is 4.18 Å². The van der Waals surface area contributed by atoms with Gasteiger partial charge in [0, 0.05) is 24.2 Å². The van der Waals surface area contributed by atoms with Crippen molar-refractivity contribution in [2.45, 2.75) is 62.6 Å². The Labute approximate surface area is 215 Å². The van der Waals surface area contributed by atoms with Gasteiger partial charge in [0.25, 0.3) is 10.1 Å². The molecule has 0 bridgehead atoms. The summed E-state index contributed by atoms with van der Waals surface area (Å²) in [4.78, 5) is 8.03. The van der Waals surface area contributed by atoms with Gasteiger partial charge in [0.15, 0.2) is 0 Å². The quantitative estimate of drug-likeness (QED) is 0.276. The minimum absolute atomic E-state index is 0.0921. The maximum atomic E-state index is 11.2. The first kappa shape index (κ1) is 28.6. The minimum atomic E-state index is -3.40. The number of hydrogen-bond acceptors (Lipinski definition) is 6. The van der Waals surface area contributed by atoms with Crippen molar-refractivity contribution in [2.24, 2.45) is 0 Å². The van der Waals surface area contributed by atoms with Gasteiger partial charge in [-0.1, -0.05) is 48.2 Å². The summed E-state index contributed by atoms with van der Waals surface area (Å²) in [6.07, 6.45) is 9.81. The topological polar surface area (TPSA) is 89.4 Å². The number of halogens is 4. The van der Waals surface area contributed by atoms with Gasteiger partial charge in [-0.2, -0.15) is 8.42 Å². The first-order chi connectivity index (χ1) is 15.6. The molecular weight excluding hydrogens is 530 g/mol. The second-order valence-electron chi connectivity index (χ2n) is 7.91. The lowest BCUT2D eigenvalue weighted by atomic mass is 9.98. The first-order valence-electron chi connectivity index (χ1n) is 10.6. The van der Waals surface area contributed by atoms with Crippen molar-refractivity contribution in [3.63, 3.8) is 0 Å². The predicted octanol–water partition coefficient (Wildman–Crippen LogP) is 6.13. The highest BCUT2D eigenvalue weighted by Crippen LogP contribution is 2.37. The van der Waals surface area contributed by atoms with Crippen LogP contribution >= 0.6 is 46.4 Å². The lowest BCUT2D eigenvalue weighted by Crippen LogP contribution is -2.20. The van der Waals surface area contributed by atoms with Gasteiger partial charge in [-0.15, -0.1) is 23.2 Å². The maximum Gasteiger partial charge on any atom is 0.264 e. The number of nitrogens with zero attached hydrogens (tertiary/aromatic N) is 2. The zero-order chi connectivity index (χ0) is 24.4. The van der Waals surface area contributed by atoms with Crippen LogP contribution in [0, 0.1) is 0 Å². The molecule has 0 amide bonds. The third-order valence-corrected chi connectivity index (χ3v) is 6.63. The molecule has 0 saturated heterocycles. The number of pyridine rings is 2. The Balaban J connectivity index is 0.000000214. The van der Waals surface area contributed by atoms with Crippen LogP contribution in [0.4, 0.5) is 0 Å². The molecule has 11 heteroatoms. The second kappa shape index (κ2) is 14.0. The molecule has 2 aromatic rings. The van der Waals surface area contributed by atoms with Crippen LogP contribution in [0.15, 0.2) is 36.7 Å². The number of hydrogen-bond donors (Lipinski definition) is 1. The summed E-state index contributed by atoms with van der Waals surface area (Å²) in [5, 5.41) is 10.8. The van der Waals surface area contributed by atoms with Gasteiger partial charge in [0.2, 0.25) is 0 Å². The summed E-state index contributed by atoms with van der Waals surface area (Å²) in [7, 11) is -3.40. The van der Waals surface area contributed by atoms with Crippen molar-refractivity contribution in [3.05, 3.63) is 58.1 Å². The summed E-state index contributed by atoms with van der Waals surface area (Å²) >= 11 is 20.9. The predicted molar refractivity (Wildman–Crippen MR) is 134 cm³/mol. The molecule has 2 aromatic heterocycles. The highest BCUT2D eigenvalue weighted by atomic mass is 35.5. The third kappa shape index (κ3) is 9.84. The third-order valence-electron chi connectivity index (χ3n) is 5.59. The SMILES string of the molecule is CS(=O)(=O)OC1CCC[C@@H]1c1ccc(Cl)nc1.ClCCl.OC1CCC[C@@H]1c1ccc(Cl)nc1. The van der Waals surface area contributed by atoms with Gasteiger partial charge in [-0.25, -0.2) is 9.97 Å². The summed E-state index contributed by atoms with van der Waals surface area (Å²) < 4.78 is 27.4. The number of aliphatic hydroxyl groups excluding tert-OH is 1. The molecule has 33 heavy (non-hydrogen) atoms. The van der Waals surface area contributed by atoms with E-state index in [0.717, 1.165) is 55.9 Å². The Hall–Kier alpha value is -0.670. The molecule has 2 saturated carbocycles. The fourth-order valence-electron chi connectivity index (χ4n) is 4.19. The Morgan fingerprint density at radius 2 is 1.39 bits per heavy atom. The van der Waals surface area contributed by atoms with Gasteiger partial charge in [-0.05, 0) is 48.9 Å². The molecule has 2 aliphatic carbocycles. The van der Waals surface area contributed by atoms with Crippen molar-refractivity contribution in [2.75, 3.05) is 11.6 Å². The summed E-state index contributed by atoms with van der Waals surface area (Å²) in [5.74, 6) is 0.360. The number of aliphatic hydroxyl groups is 1. The zero-order valence-corrected chi connectivity index (χ0v) is 22.0. The molecule has 0 spiro atoms. The van der Waals surface area contributed by atoms with E-state index < -0.39 is 10.1 Å². The minimum Gasteiger partial charge on any atom is -0.392 e. The molecule has 2 fully saturated rings. The van der Waals surface area contributed by atoms with E-state index in [1.54, 1.807) is 24.5 Å². The van der Waals surface area contributed by atoms with Crippen molar-refractivity contribution in [1.29, 1.82) is 0 Å². The van der Waals surface area contributed by atoms with Crippen LogP contribution < -0.4 is 0 Å². The lowest BCUT2D eigenvalue weighted by Gasteiger charge is -2.18. The van der Waals surface area contributed by atoms with E-state index in [0.29, 0.717) is 10.3 Å². The molecule has 2 heterocycles. The van der Waals surface area contributed by atoms with E-state index >= 15 is 0 Å². The molecule has 2 unspecified atom stereocenters. The van der Waals surface area contributed by atoms with E-state index in [-0.39, 0.29) is 29.4 Å². The molecular formula is C22H28Cl4N2O4S.